The van der Waals surface area contributed by atoms with Crippen LogP contribution in [0.25, 0.3) is 21.4 Å². The van der Waals surface area contributed by atoms with Crippen LogP contribution in [0.5, 0.6) is 0 Å². The van der Waals surface area contributed by atoms with E-state index >= 15 is 0 Å². The summed E-state index contributed by atoms with van der Waals surface area (Å²) in [6.45, 7) is 6.60. The molecule has 0 radical (unpaired) electrons. The van der Waals surface area contributed by atoms with Crippen molar-refractivity contribution in [1.82, 2.24) is 9.97 Å². The Morgan fingerprint density at radius 3 is 2.69 bits per heavy atom. The summed E-state index contributed by atoms with van der Waals surface area (Å²) in [5.41, 5.74) is 3.16. The number of nitrogens with one attached hydrogen (secondary N) is 2. The van der Waals surface area contributed by atoms with E-state index < -0.39 is 0 Å². The number of anilines is 4. The Morgan fingerprint density at radius 2 is 1.94 bits per heavy atom. The van der Waals surface area contributed by atoms with Crippen LogP contribution in [0.4, 0.5) is 23.3 Å². The van der Waals surface area contributed by atoms with Crippen LogP contribution < -0.4 is 21.0 Å². The van der Waals surface area contributed by atoms with E-state index in [-0.39, 0.29) is 17.3 Å². The van der Waals surface area contributed by atoms with E-state index in [2.05, 4.69) is 20.6 Å². The zero-order valence-corrected chi connectivity index (χ0v) is 20.9. The fourth-order valence-corrected chi connectivity index (χ4v) is 4.90. The first-order chi connectivity index (χ1) is 17.5. The quantitative estimate of drug-likeness (QED) is 0.366. The molecule has 0 aliphatic carbocycles. The lowest BCUT2D eigenvalue weighted by molar-refractivity contribution is -0.116. The third-order valence-electron chi connectivity index (χ3n) is 5.72. The van der Waals surface area contributed by atoms with Crippen molar-refractivity contribution in [2.24, 2.45) is 5.92 Å². The normalized spacial score (nSPS) is 13.8. The summed E-state index contributed by atoms with van der Waals surface area (Å²) < 4.78 is 12.2. The molecule has 1 aliphatic heterocycles. The molecule has 2 N–H and O–H groups in total. The van der Waals surface area contributed by atoms with Crippen LogP contribution in [-0.2, 0) is 9.53 Å². The van der Waals surface area contributed by atoms with Crippen LogP contribution in [0.3, 0.4) is 0 Å². The molecule has 4 heterocycles. The summed E-state index contributed by atoms with van der Waals surface area (Å²) in [6.07, 6.45) is 2.03. The lowest BCUT2D eigenvalue weighted by atomic mass is 10.1. The Labute approximate surface area is 212 Å². The fourth-order valence-electron chi connectivity index (χ4n) is 3.98. The predicted molar refractivity (Wildman–Crippen MR) is 142 cm³/mol. The molecule has 1 fully saturated rings. The second-order valence-electron chi connectivity index (χ2n) is 8.97. The number of amides is 1. The van der Waals surface area contributed by atoms with Gasteiger partial charge in [0, 0.05) is 48.4 Å². The van der Waals surface area contributed by atoms with E-state index in [4.69, 9.17) is 9.15 Å². The molecule has 0 unspecified atom stereocenters. The molecule has 0 atom stereocenters. The topological polar surface area (TPSA) is 110 Å². The number of ether oxygens (including phenoxy) is 1. The van der Waals surface area contributed by atoms with E-state index in [1.807, 2.05) is 48.4 Å². The minimum absolute atomic E-state index is 0.0372. The van der Waals surface area contributed by atoms with Crippen molar-refractivity contribution in [3.63, 3.8) is 0 Å². The van der Waals surface area contributed by atoms with Gasteiger partial charge >= 0.3 is 0 Å². The van der Waals surface area contributed by atoms with Gasteiger partial charge in [-0.2, -0.15) is 4.98 Å². The Balaban J connectivity index is 1.34. The third kappa shape index (κ3) is 5.39. The van der Waals surface area contributed by atoms with Gasteiger partial charge in [-0.15, -0.1) is 11.3 Å². The number of carbonyl (C=O) groups excluding carboxylic acids is 1. The van der Waals surface area contributed by atoms with E-state index in [1.54, 1.807) is 18.3 Å². The second kappa shape index (κ2) is 10.5. The van der Waals surface area contributed by atoms with Gasteiger partial charge in [-0.1, -0.05) is 26.0 Å². The molecule has 1 aromatic carbocycles. The van der Waals surface area contributed by atoms with Crippen molar-refractivity contribution in [3.05, 3.63) is 58.2 Å². The molecule has 1 amide bonds. The number of fused-ring (bicyclic) bond motifs is 1. The van der Waals surface area contributed by atoms with Crippen molar-refractivity contribution in [2.45, 2.75) is 20.3 Å². The minimum Gasteiger partial charge on any atom is -0.439 e. The first-order valence-corrected chi connectivity index (χ1v) is 12.7. The summed E-state index contributed by atoms with van der Waals surface area (Å²) in [7, 11) is 0. The highest BCUT2D eigenvalue weighted by Gasteiger charge is 2.18. The van der Waals surface area contributed by atoms with Crippen LogP contribution in [0.1, 0.15) is 20.3 Å². The maximum Gasteiger partial charge on any atom is 0.229 e. The van der Waals surface area contributed by atoms with Crippen molar-refractivity contribution in [3.8, 4) is 11.1 Å². The molecule has 3 aromatic heterocycles. The SMILES string of the molecule is CC(C)CC(=O)Nc1ccnc(Nc2ccc(-c3csc4c(=O)cc(N5CCOCC5)oc34)cc2)n1. The van der Waals surface area contributed by atoms with Crippen molar-refractivity contribution in [1.29, 1.82) is 0 Å². The standard InChI is InChI=1S/C26H27N5O4S/c1-16(2)13-22(33)29-21-7-8-27-26(30-21)28-18-5-3-17(4-6-18)19-15-36-25-20(32)14-23(35-24(19)25)31-9-11-34-12-10-31/h3-8,14-16H,9-13H2,1-2H3,(H2,27,28,29,30,33). The van der Waals surface area contributed by atoms with Gasteiger partial charge in [-0.25, -0.2) is 4.98 Å². The number of morpholine rings is 1. The van der Waals surface area contributed by atoms with Crippen LogP contribution in [0.2, 0.25) is 0 Å². The number of benzene rings is 1. The average Bonchev–Trinajstić information content (AvgIpc) is 3.29. The molecule has 36 heavy (non-hydrogen) atoms. The van der Waals surface area contributed by atoms with E-state index in [0.29, 0.717) is 60.7 Å². The molecule has 9 nitrogen and oxygen atoms in total. The van der Waals surface area contributed by atoms with Crippen LogP contribution in [0, 0.1) is 5.92 Å². The fraction of sp³-hybridized carbons (Fsp3) is 0.308. The maximum atomic E-state index is 12.7. The first kappa shape index (κ1) is 24.0. The molecule has 0 saturated carbocycles. The molecular formula is C26H27N5O4S. The minimum atomic E-state index is -0.0783. The van der Waals surface area contributed by atoms with Gasteiger partial charge in [0.25, 0.3) is 0 Å². The van der Waals surface area contributed by atoms with Gasteiger partial charge in [0.05, 0.1) is 13.2 Å². The molecule has 1 aliphatic rings. The Morgan fingerprint density at radius 1 is 1.17 bits per heavy atom. The molecule has 1 saturated heterocycles. The largest absolute Gasteiger partial charge is 0.439 e. The monoisotopic (exact) mass is 505 g/mol. The van der Waals surface area contributed by atoms with Gasteiger partial charge in [-0.3, -0.25) is 9.59 Å². The number of hydrogen-bond donors (Lipinski definition) is 2. The number of hydrogen-bond acceptors (Lipinski definition) is 9. The van der Waals surface area contributed by atoms with Crippen LogP contribution in [-0.4, -0.2) is 42.2 Å². The van der Waals surface area contributed by atoms with Crippen molar-refractivity contribution >= 4 is 50.9 Å². The summed E-state index contributed by atoms with van der Waals surface area (Å²) >= 11 is 1.39. The lowest BCUT2D eigenvalue weighted by Gasteiger charge is -2.27. The summed E-state index contributed by atoms with van der Waals surface area (Å²) in [6, 6.07) is 11.0. The first-order valence-electron chi connectivity index (χ1n) is 11.8. The van der Waals surface area contributed by atoms with Crippen LogP contribution >= 0.6 is 11.3 Å². The van der Waals surface area contributed by atoms with E-state index in [1.165, 1.54) is 11.3 Å². The number of thiophene rings is 1. The highest BCUT2D eigenvalue weighted by molar-refractivity contribution is 7.17. The van der Waals surface area contributed by atoms with E-state index in [9.17, 15) is 9.59 Å². The molecule has 4 aromatic rings. The molecular weight excluding hydrogens is 478 g/mol. The highest BCUT2D eigenvalue weighted by atomic mass is 32.1. The lowest BCUT2D eigenvalue weighted by Crippen LogP contribution is -2.36. The zero-order valence-electron chi connectivity index (χ0n) is 20.1. The summed E-state index contributed by atoms with van der Waals surface area (Å²) in [5, 5.41) is 7.92. The van der Waals surface area contributed by atoms with Crippen LogP contribution in [0.15, 0.2) is 57.2 Å². The van der Waals surface area contributed by atoms with Gasteiger partial charge in [0.15, 0.2) is 11.5 Å². The average molecular weight is 506 g/mol. The second-order valence-corrected chi connectivity index (χ2v) is 9.85. The Bertz CT molecular complexity index is 1420. The highest BCUT2D eigenvalue weighted by Crippen LogP contribution is 2.35. The van der Waals surface area contributed by atoms with Gasteiger partial charge in [0.2, 0.25) is 17.3 Å². The molecule has 186 valence electrons. The third-order valence-corrected chi connectivity index (χ3v) is 6.70. The maximum absolute atomic E-state index is 12.7. The van der Waals surface area contributed by atoms with Gasteiger partial charge < -0.3 is 24.7 Å². The number of rotatable bonds is 7. The molecule has 0 bridgehead atoms. The summed E-state index contributed by atoms with van der Waals surface area (Å²) in [4.78, 5) is 35.4. The smallest absolute Gasteiger partial charge is 0.229 e. The molecule has 0 spiro atoms. The van der Waals surface area contributed by atoms with Crippen molar-refractivity contribution < 1.29 is 13.9 Å². The number of aromatic nitrogens is 2. The predicted octanol–water partition coefficient (Wildman–Crippen LogP) is 4.88. The molecule has 10 heteroatoms. The van der Waals surface area contributed by atoms with E-state index in [0.717, 1.165) is 16.8 Å². The zero-order chi connectivity index (χ0) is 25.1. The summed E-state index contributed by atoms with van der Waals surface area (Å²) in [5.74, 6) is 1.59. The Kier molecular flexibility index (Phi) is 6.97. The van der Waals surface area contributed by atoms with Gasteiger partial charge in [0.1, 0.15) is 10.5 Å². The number of nitrogens with zero attached hydrogens (tertiary/aromatic N) is 3. The van der Waals surface area contributed by atoms with Crippen molar-refractivity contribution in [2.75, 3.05) is 41.8 Å². The Hall–Kier alpha value is -3.76. The molecule has 5 rings (SSSR count). The van der Waals surface area contributed by atoms with Gasteiger partial charge in [-0.05, 0) is 29.7 Å². The number of carbonyl (C=O) groups is 1.